The highest BCUT2D eigenvalue weighted by molar-refractivity contribution is 6.42. The van der Waals surface area contributed by atoms with Crippen LogP contribution in [0.2, 0.25) is 10.0 Å². The highest BCUT2D eigenvalue weighted by Gasteiger charge is 2.24. The molecule has 1 aliphatic heterocycles. The monoisotopic (exact) mass is 441 g/mol. The molecular formula is C23H14Cl2FNO3. The first-order chi connectivity index (χ1) is 14.5. The summed E-state index contributed by atoms with van der Waals surface area (Å²) in [4.78, 5) is 16.4. The lowest BCUT2D eigenvalue weighted by Crippen LogP contribution is -2.05. The zero-order valence-electron chi connectivity index (χ0n) is 15.4. The van der Waals surface area contributed by atoms with Gasteiger partial charge in [-0.05, 0) is 48.0 Å². The molecule has 0 amide bonds. The molecule has 0 aromatic heterocycles. The number of cyclic esters (lactones) is 1. The van der Waals surface area contributed by atoms with Crippen LogP contribution in [0.25, 0.3) is 6.08 Å². The Hall–Kier alpha value is -3.15. The molecule has 4 nitrogen and oxygen atoms in total. The van der Waals surface area contributed by atoms with Gasteiger partial charge >= 0.3 is 5.97 Å². The van der Waals surface area contributed by atoms with Gasteiger partial charge in [0, 0.05) is 11.1 Å². The molecule has 0 aliphatic carbocycles. The van der Waals surface area contributed by atoms with E-state index >= 15 is 0 Å². The first-order valence-electron chi connectivity index (χ1n) is 8.94. The predicted octanol–water partition coefficient (Wildman–Crippen LogP) is 6.06. The number of halogens is 3. The fourth-order valence-corrected chi connectivity index (χ4v) is 3.05. The number of hydrogen-bond acceptors (Lipinski definition) is 4. The Bertz CT molecular complexity index is 1170. The van der Waals surface area contributed by atoms with Gasteiger partial charge in [0.25, 0.3) is 0 Å². The van der Waals surface area contributed by atoms with Crippen molar-refractivity contribution in [2.24, 2.45) is 4.99 Å². The minimum absolute atomic E-state index is 0.122. The Morgan fingerprint density at radius 1 is 1.00 bits per heavy atom. The summed E-state index contributed by atoms with van der Waals surface area (Å²) in [5, 5.41) is 0.745. The second kappa shape index (κ2) is 8.69. The van der Waals surface area contributed by atoms with Crippen LogP contribution in [0.3, 0.4) is 0 Å². The van der Waals surface area contributed by atoms with E-state index in [1.165, 1.54) is 6.07 Å². The minimum atomic E-state index is -0.559. The normalized spacial score (nSPS) is 14.6. The van der Waals surface area contributed by atoms with Crippen LogP contribution in [0.5, 0.6) is 5.75 Å². The Labute approximate surface area is 182 Å². The molecular weight excluding hydrogens is 428 g/mol. The van der Waals surface area contributed by atoms with E-state index in [4.69, 9.17) is 32.7 Å². The van der Waals surface area contributed by atoms with Gasteiger partial charge in [0.05, 0.1) is 10.0 Å². The molecule has 4 rings (SSSR count). The van der Waals surface area contributed by atoms with Gasteiger partial charge in [-0.1, -0.05) is 53.5 Å². The minimum Gasteiger partial charge on any atom is -0.489 e. The molecule has 150 valence electrons. The Balaban J connectivity index is 1.47. The third-order valence-electron chi connectivity index (χ3n) is 4.32. The zero-order valence-corrected chi connectivity index (χ0v) is 17.0. The molecule has 0 atom stereocenters. The smallest absolute Gasteiger partial charge is 0.363 e. The van der Waals surface area contributed by atoms with Gasteiger partial charge in [0.1, 0.15) is 18.2 Å². The lowest BCUT2D eigenvalue weighted by Gasteiger charge is -2.07. The second-order valence-electron chi connectivity index (χ2n) is 6.41. The predicted molar refractivity (Wildman–Crippen MR) is 114 cm³/mol. The van der Waals surface area contributed by atoms with Gasteiger partial charge in [0.2, 0.25) is 5.90 Å². The van der Waals surface area contributed by atoms with Gasteiger partial charge < -0.3 is 9.47 Å². The number of ether oxygens (including phenoxy) is 2. The number of benzene rings is 3. The van der Waals surface area contributed by atoms with Crippen LogP contribution in [0.4, 0.5) is 4.39 Å². The molecule has 0 radical (unpaired) electrons. The van der Waals surface area contributed by atoms with Gasteiger partial charge in [-0.2, -0.15) is 0 Å². The molecule has 0 fully saturated rings. The second-order valence-corrected chi connectivity index (χ2v) is 7.23. The maximum absolute atomic E-state index is 13.7. The van der Waals surface area contributed by atoms with Crippen molar-refractivity contribution in [3.63, 3.8) is 0 Å². The van der Waals surface area contributed by atoms with E-state index in [1.807, 2.05) is 0 Å². The fraction of sp³-hybridized carbons (Fsp3) is 0.0435. The Morgan fingerprint density at radius 3 is 2.50 bits per heavy atom. The first kappa shape index (κ1) is 20.1. The van der Waals surface area contributed by atoms with E-state index in [0.717, 1.165) is 5.56 Å². The molecule has 3 aromatic carbocycles. The summed E-state index contributed by atoms with van der Waals surface area (Å²) in [5.41, 5.74) is 1.93. The third kappa shape index (κ3) is 4.53. The largest absolute Gasteiger partial charge is 0.489 e. The molecule has 3 aromatic rings. The van der Waals surface area contributed by atoms with Crippen molar-refractivity contribution >= 4 is 41.1 Å². The summed E-state index contributed by atoms with van der Waals surface area (Å²) in [6.07, 6.45) is 1.60. The van der Waals surface area contributed by atoms with Crippen LogP contribution >= 0.6 is 23.2 Å². The number of esters is 1. The van der Waals surface area contributed by atoms with Crippen LogP contribution in [0.15, 0.2) is 77.4 Å². The molecule has 1 heterocycles. The Morgan fingerprint density at radius 2 is 1.77 bits per heavy atom. The van der Waals surface area contributed by atoms with Gasteiger partial charge in [0.15, 0.2) is 5.70 Å². The van der Waals surface area contributed by atoms with Gasteiger partial charge in [-0.3, -0.25) is 0 Å². The third-order valence-corrected chi connectivity index (χ3v) is 5.06. The van der Waals surface area contributed by atoms with Crippen molar-refractivity contribution in [2.45, 2.75) is 6.61 Å². The summed E-state index contributed by atoms with van der Waals surface area (Å²) in [6.45, 7) is 0.122. The van der Waals surface area contributed by atoms with E-state index in [2.05, 4.69) is 4.99 Å². The molecule has 0 unspecified atom stereocenters. The number of rotatable bonds is 5. The molecule has 1 aliphatic rings. The Kier molecular flexibility index (Phi) is 5.84. The van der Waals surface area contributed by atoms with E-state index in [9.17, 15) is 9.18 Å². The summed E-state index contributed by atoms with van der Waals surface area (Å²) < 4.78 is 24.5. The molecule has 30 heavy (non-hydrogen) atoms. The maximum atomic E-state index is 13.7. The highest BCUT2D eigenvalue weighted by atomic mass is 35.5. The van der Waals surface area contributed by atoms with Crippen LogP contribution in [-0.2, 0) is 16.1 Å². The van der Waals surface area contributed by atoms with Crippen molar-refractivity contribution in [3.8, 4) is 5.75 Å². The summed E-state index contributed by atoms with van der Waals surface area (Å²) >= 11 is 11.9. The van der Waals surface area contributed by atoms with E-state index in [0.29, 0.717) is 26.9 Å². The van der Waals surface area contributed by atoms with Gasteiger partial charge in [-0.15, -0.1) is 0 Å². The number of hydrogen-bond donors (Lipinski definition) is 0. The van der Waals surface area contributed by atoms with E-state index in [-0.39, 0.29) is 24.0 Å². The van der Waals surface area contributed by atoms with Crippen LogP contribution < -0.4 is 4.74 Å². The van der Waals surface area contributed by atoms with Gasteiger partial charge in [-0.25, -0.2) is 14.2 Å². The summed E-state index contributed by atoms with van der Waals surface area (Å²) in [6, 6.07) is 18.3. The lowest BCUT2D eigenvalue weighted by molar-refractivity contribution is -0.129. The van der Waals surface area contributed by atoms with Crippen molar-refractivity contribution in [1.29, 1.82) is 0 Å². The number of aliphatic imine (C=N–C) groups is 1. The average Bonchev–Trinajstić information content (AvgIpc) is 3.11. The highest BCUT2D eigenvalue weighted by Crippen LogP contribution is 2.26. The summed E-state index contributed by atoms with van der Waals surface area (Å²) in [7, 11) is 0. The maximum Gasteiger partial charge on any atom is 0.363 e. The zero-order chi connectivity index (χ0) is 21.1. The van der Waals surface area contributed by atoms with Crippen molar-refractivity contribution in [1.82, 2.24) is 0 Å². The molecule has 0 saturated carbocycles. The quantitative estimate of drug-likeness (QED) is 0.357. The number of nitrogens with zero attached hydrogens (tertiary/aromatic N) is 1. The van der Waals surface area contributed by atoms with E-state index in [1.54, 1.807) is 66.7 Å². The number of carbonyl (C=O) groups is 1. The molecule has 7 heteroatoms. The van der Waals surface area contributed by atoms with Crippen LogP contribution in [-0.4, -0.2) is 11.9 Å². The average molecular weight is 442 g/mol. The van der Waals surface area contributed by atoms with E-state index < -0.39 is 5.97 Å². The molecule has 0 N–H and O–H groups in total. The SMILES string of the molecule is O=C1OC(c2ccc(Cl)c(Cl)c2)=N/C1=C\c1ccc(OCc2ccccc2F)cc1. The lowest BCUT2D eigenvalue weighted by atomic mass is 10.2. The first-order valence-corrected chi connectivity index (χ1v) is 9.69. The van der Waals surface area contributed by atoms with Crippen LogP contribution in [0, 0.1) is 5.82 Å². The topological polar surface area (TPSA) is 47.9 Å². The fourth-order valence-electron chi connectivity index (χ4n) is 2.76. The molecule has 0 spiro atoms. The van der Waals surface area contributed by atoms with Crippen molar-refractivity contribution in [2.75, 3.05) is 0 Å². The standard InChI is InChI=1S/C23H14Cl2FNO3/c24-18-10-7-15(12-19(18)25)22-27-21(23(28)30-22)11-14-5-8-17(9-6-14)29-13-16-3-1-2-4-20(16)26/h1-12H,13H2/b21-11-. The van der Waals surface area contributed by atoms with Crippen molar-refractivity contribution < 1.29 is 18.7 Å². The molecule has 0 saturated heterocycles. The van der Waals surface area contributed by atoms with Crippen molar-refractivity contribution in [3.05, 3.63) is 105 Å². The van der Waals surface area contributed by atoms with Crippen LogP contribution in [0.1, 0.15) is 16.7 Å². The number of carbonyl (C=O) groups excluding carboxylic acids is 1. The molecule has 0 bridgehead atoms. The summed E-state index contributed by atoms with van der Waals surface area (Å²) in [5.74, 6) is -0.130.